The number of benzene rings is 1. The van der Waals surface area contributed by atoms with Crippen LogP contribution in [0.2, 0.25) is 0 Å². The van der Waals surface area contributed by atoms with Crippen molar-refractivity contribution in [1.29, 1.82) is 0 Å². The van der Waals surface area contributed by atoms with E-state index in [0.717, 1.165) is 24.1 Å². The van der Waals surface area contributed by atoms with Gasteiger partial charge in [0.05, 0.1) is 0 Å². The molecule has 4 heteroatoms. The first-order chi connectivity index (χ1) is 8.06. The van der Waals surface area contributed by atoms with Crippen molar-refractivity contribution in [3.8, 4) is 0 Å². The van der Waals surface area contributed by atoms with E-state index < -0.39 is 0 Å². The third kappa shape index (κ3) is 2.70. The van der Waals surface area contributed by atoms with Crippen molar-refractivity contribution in [2.24, 2.45) is 5.92 Å². The van der Waals surface area contributed by atoms with E-state index in [2.05, 4.69) is 18.8 Å². The van der Waals surface area contributed by atoms with Crippen LogP contribution in [0.15, 0.2) is 22.6 Å². The van der Waals surface area contributed by atoms with Gasteiger partial charge in [0.1, 0.15) is 5.52 Å². The molecule has 0 atom stereocenters. The van der Waals surface area contributed by atoms with Crippen molar-refractivity contribution in [2.45, 2.75) is 20.3 Å². The summed E-state index contributed by atoms with van der Waals surface area (Å²) in [6, 6.07) is 6.19. The lowest BCUT2D eigenvalue weighted by Crippen LogP contribution is -2.19. The zero-order valence-electron chi connectivity index (χ0n) is 10.6. The third-order valence-electron chi connectivity index (χ3n) is 2.77. The molecule has 0 radical (unpaired) electrons. The first-order valence-electron chi connectivity index (χ1n) is 5.93. The van der Waals surface area contributed by atoms with Crippen LogP contribution < -0.4 is 10.6 Å². The molecule has 2 rings (SSSR count). The van der Waals surface area contributed by atoms with Crippen LogP contribution in [0, 0.1) is 5.92 Å². The van der Waals surface area contributed by atoms with Crippen molar-refractivity contribution in [2.75, 3.05) is 24.2 Å². The molecule has 0 bridgehead atoms. The number of fused-ring (bicyclic) bond motifs is 1. The van der Waals surface area contributed by atoms with Gasteiger partial charge in [-0.3, -0.25) is 0 Å². The van der Waals surface area contributed by atoms with Crippen LogP contribution in [0.4, 0.5) is 11.7 Å². The summed E-state index contributed by atoms with van der Waals surface area (Å²) in [5.41, 5.74) is 8.00. The highest BCUT2D eigenvalue weighted by Crippen LogP contribution is 2.23. The monoisotopic (exact) mass is 233 g/mol. The summed E-state index contributed by atoms with van der Waals surface area (Å²) in [4.78, 5) is 6.47. The van der Waals surface area contributed by atoms with Crippen LogP contribution in [0.3, 0.4) is 0 Å². The molecule has 1 heterocycles. The molecule has 0 unspecified atom stereocenters. The number of hydrogen-bond donors (Lipinski definition) is 1. The van der Waals surface area contributed by atoms with E-state index in [-0.39, 0.29) is 0 Å². The summed E-state index contributed by atoms with van der Waals surface area (Å²) < 4.78 is 5.68. The molecular weight excluding hydrogens is 214 g/mol. The lowest BCUT2D eigenvalue weighted by atomic mass is 10.1. The molecule has 0 saturated carbocycles. The van der Waals surface area contributed by atoms with Gasteiger partial charge in [0.2, 0.25) is 0 Å². The molecule has 4 nitrogen and oxygen atoms in total. The topological polar surface area (TPSA) is 55.3 Å². The van der Waals surface area contributed by atoms with Crippen LogP contribution in [0.1, 0.15) is 20.3 Å². The molecule has 0 aliphatic heterocycles. The Balaban J connectivity index is 2.18. The van der Waals surface area contributed by atoms with Crippen molar-refractivity contribution < 1.29 is 4.42 Å². The van der Waals surface area contributed by atoms with E-state index in [1.165, 1.54) is 0 Å². The van der Waals surface area contributed by atoms with Gasteiger partial charge in [-0.05, 0) is 24.5 Å². The molecule has 0 aliphatic rings. The standard InChI is InChI=1S/C13H19N3O/c1-9(2)6-7-16(3)13-15-11-5-4-10(14)8-12(11)17-13/h4-5,8-9H,6-7,14H2,1-3H3. The summed E-state index contributed by atoms with van der Waals surface area (Å²) in [6.07, 6.45) is 1.12. The predicted molar refractivity (Wildman–Crippen MR) is 71.1 cm³/mol. The average molecular weight is 233 g/mol. The first kappa shape index (κ1) is 11.8. The molecule has 1 aromatic carbocycles. The molecule has 92 valence electrons. The van der Waals surface area contributed by atoms with Gasteiger partial charge < -0.3 is 15.1 Å². The highest BCUT2D eigenvalue weighted by atomic mass is 16.4. The van der Waals surface area contributed by atoms with E-state index >= 15 is 0 Å². The summed E-state index contributed by atoms with van der Waals surface area (Å²) >= 11 is 0. The smallest absolute Gasteiger partial charge is 0.298 e. The Bertz CT molecular complexity index is 504. The Kier molecular flexibility index (Phi) is 3.22. The second kappa shape index (κ2) is 4.65. The highest BCUT2D eigenvalue weighted by molar-refractivity contribution is 5.78. The maximum Gasteiger partial charge on any atom is 0.298 e. The van der Waals surface area contributed by atoms with Crippen molar-refractivity contribution in [1.82, 2.24) is 4.98 Å². The van der Waals surface area contributed by atoms with E-state index in [1.807, 2.05) is 30.1 Å². The second-order valence-electron chi connectivity index (χ2n) is 4.83. The minimum absolute atomic E-state index is 0.659. The minimum Gasteiger partial charge on any atom is -0.423 e. The molecule has 0 aliphatic carbocycles. The SMILES string of the molecule is CC(C)CCN(C)c1nc2ccc(N)cc2o1. The highest BCUT2D eigenvalue weighted by Gasteiger charge is 2.10. The lowest BCUT2D eigenvalue weighted by molar-refractivity contribution is 0.542. The summed E-state index contributed by atoms with van der Waals surface area (Å²) in [7, 11) is 2.00. The maximum absolute atomic E-state index is 5.71. The Morgan fingerprint density at radius 3 is 2.88 bits per heavy atom. The number of anilines is 2. The van der Waals surface area contributed by atoms with Crippen LogP contribution in [-0.2, 0) is 0 Å². The zero-order valence-corrected chi connectivity index (χ0v) is 10.6. The fourth-order valence-corrected chi connectivity index (χ4v) is 1.64. The quantitative estimate of drug-likeness (QED) is 0.825. The molecule has 0 fully saturated rings. The molecule has 0 amide bonds. The fraction of sp³-hybridized carbons (Fsp3) is 0.462. The normalized spacial score (nSPS) is 11.3. The number of rotatable bonds is 4. The number of hydrogen-bond acceptors (Lipinski definition) is 4. The molecule has 0 spiro atoms. The van der Waals surface area contributed by atoms with Crippen LogP contribution in [0.5, 0.6) is 0 Å². The van der Waals surface area contributed by atoms with Gasteiger partial charge in [0.15, 0.2) is 5.58 Å². The van der Waals surface area contributed by atoms with Crippen molar-refractivity contribution in [3.05, 3.63) is 18.2 Å². The average Bonchev–Trinajstić information content (AvgIpc) is 2.68. The van der Waals surface area contributed by atoms with E-state index in [9.17, 15) is 0 Å². The Hall–Kier alpha value is -1.71. The number of nitrogens with zero attached hydrogens (tertiary/aromatic N) is 2. The van der Waals surface area contributed by atoms with Gasteiger partial charge in [0, 0.05) is 25.3 Å². The first-order valence-corrected chi connectivity index (χ1v) is 5.93. The van der Waals surface area contributed by atoms with Crippen LogP contribution in [0.25, 0.3) is 11.1 Å². The largest absolute Gasteiger partial charge is 0.423 e. The maximum atomic E-state index is 5.71. The molecule has 2 aromatic rings. The number of nitrogens with two attached hydrogens (primary N) is 1. The van der Waals surface area contributed by atoms with Gasteiger partial charge in [0.25, 0.3) is 6.01 Å². The molecule has 2 N–H and O–H groups in total. The van der Waals surface area contributed by atoms with Crippen molar-refractivity contribution in [3.63, 3.8) is 0 Å². The van der Waals surface area contributed by atoms with Crippen LogP contribution in [-0.4, -0.2) is 18.6 Å². The number of nitrogen functional groups attached to an aromatic ring is 1. The zero-order chi connectivity index (χ0) is 12.4. The third-order valence-corrected chi connectivity index (χ3v) is 2.77. The van der Waals surface area contributed by atoms with Gasteiger partial charge in [-0.1, -0.05) is 13.8 Å². The van der Waals surface area contributed by atoms with Crippen molar-refractivity contribution >= 4 is 22.8 Å². The van der Waals surface area contributed by atoms with E-state index in [0.29, 0.717) is 17.6 Å². The van der Waals surface area contributed by atoms with Gasteiger partial charge in [-0.25, -0.2) is 0 Å². The molecular formula is C13H19N3O. The second-order valence-corrected chi connectivity index (χ2v) is 4.83. The van der Waals surface area contributed by atoms with E-state index in [1.54, 1.807) is 0 Å². The Morgan fingerprint density at radius 1 is 1.41 bits per heavy atom. The van der Waals surface area contributed by atoms with E-state index in [4.69, 9.17) is 10.2 Å². The minimum atomic E-state index is 0.659. The van der Waals surface area contributed by atoms with Gasteiger partial charge in [-0.2, -0.15) is 4.98 Å². The van der Waals surface area contributed by atoms with Crippen LogP contribution >= 0.6 is 0 Å². The Labute approximate surface area is 101 Å². The summed E-state index contributed by atoms with van der Waals surface area (Å²) in [6.45, 7) is 5.36. The van der Waals surface area contributed by atoms with Gasteiger partial charge in [-0.15, -0.1) is 0 Å². The summed E-state index contributed by atoms with van der Waals surface area (Å²) in [5, 5.41) is 0. The molecule has 0 saturated heterocycles. The molecule has 1 aromatic heterocycles. The predicted octanol–water partition coefficient (Wildman–Crippen LogP) is 2.89. The number of aromatic nitrogens is 1. The lowest BCUT2D eigenvalue weighted by Gasteiger charge is -2.15. The van der Waals surface area contributed by atoms with Gasteiger partial charge >= 0.3 is 0 Å². The molecule has 17 heavy (non-hydrogen) atoms. The Morgan fingerprint density at radius 2 is 2.18 bits per heavy atom. The summed E-state index contributed by atoms with van der Waals surface area (Å²) in [5.74, 6) is 0.678. The number of oxazole rings is 1. The fourth-order valence-electron chi connectivity index (χ4n) is 1.64.